The van der Waals surface area contributed by atoms with Crippen molar-refractivity contribution in [3.05, 3.63) is 54.2 Å². The number of anilines is 2. The van der Waals surface area contributed by atoms with Crippen molar-refractivity contribution in [3.8, 4) is 0 Å². The van der Waals surface area contributed by atoms with Gasteiger partial charge in [-0.05, 0) is 55.5 Å². The Bertz CT molecular complexity index is 845. The van der Waals surface area contributed by atoms with Crippen molar-refractivity contribution in [1.29, 1.82) is 0 Å². The van der Waals surface area contributed by atoms with Gasteiger partial charge in [0.05, 0.1) is 5.41 Å². The second-order valence-electron chi connectivity index (χ2n) is 9.15. The third kappa shape index (κ3) is 4.36. The smallest absolute Gasteiger partial charge is 0.235 e. The van der Waals surface area contributed by atoms with E-state index in [2.05, 4.69) is 58.2 Å². The van der Waals surface area contributed by atoms with Crippen LogP contribution in [0.15, 0.2) is 48.7 Å². The number of nitrogens with zero attached hydrogens (tertiary/aromatic N) is 3. The summed E-state index contributed by atoms with van der Waals surface area (Å²) in [5.41, 5.74) is 1.85. The Morgan fingerprint density at radius 3 is 2.53 bits per heavy atom. The van der Waals surface area contributed by atoms with Crippen LogP contribution in [0, 0.1) is 5.92 Å². The molecule has 1 aromatic carbocycles. The highest BCUT2D eigenvalue weighted by Crippen LogP contribution is 2.45. The van der Waals surface area contributed by atoms with E-state index in [0.717, 1.165) is 69.9 Å². The summed E-state index contributed by atoms with van der Waals surface area (Å²) in [6.07, 6.45) is 5.93. The van der Waals surface area contributed by atoms with Crippen LogP contribution >= 0.6 is 0 Å². The number of para-hydroxylation sites is 1. The van der Waals surface area contributed by atoms with Crippen molar-refractivity contribution in [2.24, 2.45) is 5.92 Å². The number of hydrogen-bond donors (Lipinski definition) is 1. The lowest BCUT2D eigenvalue weighted by Gasteiger charge is -2.35. The molecule has 1 unspecified atom stereocenters. The van der Waals surface area contributed by atoms with E-state index in [1.165, 1.54) is 5.56 Å². The molecule has 5 heteroatoms. The number of pyridine rings is 1. The molecule has 0 bridgehead atoms. The largest absolute Gasteiger partial charge is 0.354 e. The monoisotopic (exact) mass is 406 g/mol. The predicted molar refractivity (Wildman–Crippen MR) is 123 cm³/mol. The van der Waals surface area contributed by atoms with Crippen molar-refractivity contribution in [1.82, 2.24) is 9.88 Å². The van der Waals surface area contributed by atoms with Crippen LogP contribution in [0.2, 0.25) is 0 Å². The summed E-state index contributed by atoms with van der Waals surface area (Å²) in [7, 11) is 0. The number of fused-ring (bicyclic) bond motifs is 1. The van der Waals surface area contributed by atoms with Crippen LogP contribution in [-0.4, -0.2) is 48.5 Å². The number of amides is 1. The molecule has 1 amide bonds. The third-order valence-electron chi connectivity index (χ3n) is 6.56. The molecule has 2 aromatic rings. The summed E-state index contributed by atoms with van der Waals surface area (Å²) in [6.45, 7) is 9.77. The first-order valence-corrected chi connectivity index (χ1v) is 11.4. The zero-order valence-corrected chi connectivity index (χ0v) is 18.3. The van der Waals surface area contributed by atoms with E-state index in [4.69, 9.17) is 0 Å². The van der Waals surface area contributed by atoms with Gasteiger partial charge in [0.2, 0.25) is 5.91 Å². The zero-order valence-electron chi connectivity index (χ0n) is 18.3. The number of carbonyl (C=O) groups excluding carboxylic acids is 1. The summed E-state index contributed by atoms with van der Waals surface area (Å²) in [4.78, 5) is 22.4. The highest BCUT2D eigenvalue weighted by Gasteiger charge is 2.46. The SMILES string of the molecule is CC(C)CC1(CCCCN2CCN(c3ccccn3)CC2)C(=O)Nc2ccccc21. The molecule has 4 rings (SSSR count). The number of benzene rings is 1. The molecule has 1 fully saturated rings. The van der Waals surface area contributed by atoms with Crippen molar-refractivity contribution < 1.29 is 4.79 Å². The van der Waals surface area contributed by atoms with E-state index in [-0.39, 0.29) is 11.3 Å². The standard InChI is InChI=1S/C25H34N4O/c1-20(2)19-25(21-9-3-4-10-22(21)27-24(25)30)12-6-8-14-28-15-17-29(18-16-28)23-11-5-7-13-26-23/h3-5,7,9-11,13,20H,6,8,12,14-19H2,1-2H3,(H,27,30). The quantitative estimate of drug-likeness (QED) is 0.664. The molecule has 3 heterocycles. The lowest BCUT2D eigenvalue weighted by atomic mass is 9.72. The molecule has 0 spiro atoms. The maximum absolute atomic E-state index is 13.0. The molecule has 1 aromatic heterocycles. The summed E-state index contributed by atoms with van der Waals surface area (Å²) in [6, 6.07) is 14.4. The van der Waals surface area contributed by atoms with Gasteiger partial charge < -0.3 is 10.2 Å². The van der Waals surface area contributed by atoms with Crippen LogP contribution in [-0.2, 0) is 10.2 Å². The van der Waals surface area contributed by atoms with Gasteiger partial charge in [0.25, 0.3) is 0 Å². The zero-order chi connectivity index (χ0) is 21.0. The fraction of sp³-hybridized carbons (Fsp3) is 0.520. The number of piperazine rings is 1. The molecule has 2 aliphatic rings. The number of carbonyl (C=O) groups is 1. The lowest BCUT2D eigenvalue weighted by molar-refractivity contribution is -0.121. The van der Waals surface area contributed by atoms with Crippen LogP contribution in [0.1, 0.15) is 45.1 Å². The minimum atomic E-state index is -0.359. The number of rotatable bonds is 8. The fourth-order valence-corrected chi connectivity index (χ4v) is 5.13. The van der Waals surface area contributed by atoms with Gasteiger partial charge in [-0.25, -0.2) is 4.98 Å². The fourth-order valence-electron chi connectivity index (χ4n) is 5.13. The molecule has 0 aliphatic carbocycles. The van der Waals surface area contributed by atoms with Gasteiger partial charge in [0.1, 0.15) is 5.82 Å². The molecule has 1 atom stereocenters. The summed E-state index contributed by atoms with van der Waals surface area (Å²) >= 11 is 0. The Labute approximate surface area is 180 Å². The van der Waals surface area contributed by atoms with Gasteiger partial charge in [-0.2, -0.15) is 0 Å². The van der Waals surface area contributed by atoms with Gasteiger partial charge >= 0.3 is 0 Å². The average molecular weight is 407 g/mol. The molecule has 160 valence electrons. The highest BCUT2D eigenvalue weighted by molar-refractivity contribution is 6.06. The lowest BCUT2D eigenvalue weighted by Crippen LogP contribution is -2.47. The van der Waals surface area contributed by atoms with Crippen molar-refractivity contribution in [2.45, 2.75) is 44.9 Å². The number of hydrogen-bond acceptors (Lipinski definition) is 4. The molecule has 5 nitrogen and oxygen atoms in total. The molecule has 1 saturated heterocycles. The minimum absolute atomic E-state index is 0.196. The Morgan fingerprint density at radius 2 is 1.80 bits per heavy atom. The number of nitrogens with one attached hydrogen (secondary N) is 1. The third-order valence-corrected chi connectivity index (χ3v) is 6.56. The molecule has 1 N–H and O–H groups in total. The van der Waals surface area contributed by atoms with Crippen LogP contribution in [0.3, 0.4) is 0 Å². The van der Waals surface area contributed by atoms with Crippen LogP contribution in [0.25, 0.3) is 0 Å². The summed E-state index contributed by atoms with van der Waals surface area (Å²) < 4.78 is 0. The van der Waals surface area contributed by atoms with Crippen LogP contribution < -0.4 is 10.2 Å². The maximum Gasteiger partial charge on any atom is 0.235 e. The van der Waals surface area contributed by atoms with E-state index in [1.54, 1.807) is 0 Å². The van der Waals surface area contributed by atoms with Crippen molar-refractivity contribution in [2.75, 3.05) is 42.9 Å². The Balaban J connectivity index is 1.30. The maximum atomic E-state index is 13.0. The van der Waals surface area contributed by atoms with E-state index in [0.29, 0.717) is 5.92 Å². The summed E-state index contributed by atoms with van der Waals surface area (Å²) in [5.74, 6) is 1.77. The van der Waals surface area contributed by atoms with Gasteiger partial charge in [-0.1, -0.05) is 44.5 Å². The van der Waals surface area contributed by atoms with Crippen LogP contribution in [0.5, 0.6) is 0 Å². The topological polar surface area (TPSA) is 48.5 Å². The normalized spacial score (nSPS) is 21.7. The molecule has 0 saturated carbocycles. The summed E-state index contributed by atoms with van der Waals surface area (Å²) in [5, 5.41) is 3.14. The molecular weight excluding hydrogens is 372 g/mol. The van der Waals surface area contributed by atoms with Gasteiger partial charge in [-0.15, -0.1) is 0 Å². The Kier molecular flexibility index (Phi) is 6.38. The van der Waals surface area contributed by atoms with E-state index in [9.17, 15) is 4.79 Å². The second-order valence-corrected chi connectivity index (χ2v) is 9.15. The van der Waals surface area contributed by atoms with E-state index in [1.807, 2.05) is 24.4 Å². The second kappa shape index (κ2) is 9.17. The van der Waals surface area contributed by atoms with Gasteiger partial charge in [0, 0.05) is 38.1 Å². The number of unbranched alkanes of at least 4 members (excludes halogenated alkanes) is 1. The van der Waals surface area contributed by atoms with Gasteiger partial charge in [0.15, 0.2) is 0 Å². The minimum Gasteiger partial charge on any atom is -0.354 e. The van der Waals surface area contributed by atoms with Crippen molar-refractivity contribution in [3.63, 3.8) is 0 Å². The number of aromatic nitrogens is 1. The molecular formula is C25H34N4O. The van der Waals surface area contributed by atoms with E-state index < -0.39 is 0 Å². The van der Waals surface area contributed by atoms with E-state index >= 15 is 0 Å². The Hall–Kier alpha value is -2.40. The predicted octanol–water partition coefficient (Wildman–Crippen LogP) is 4.31. The first-order valence-electron chi connectivity index (χ1n) is 11.4. The molecule has 2 aliphatic heterocycles. The molecule has 0 radical (unpaired) electrons. The first kappa shape index (κ1) is 20.9. The Morgan fingerprint density at radius 1 is 1.03 bits per heavy atom. The van der Waals surface area contributed by atoms with Crippen LogP contribution in [0.4, 0.5) is 11.5 Å². The first-order chi connectivity index (χ1) is 14.6. The highest BCUT2D eigenvalue weighted by atomic mass is 16.2. The van der Waals surface area contributed by atoms with Gasteiger partial charge in [-0.3, -0.25) is 9.69 Å². The average Bonchev–Trinajstić information content (AvgIpc) is 3.03. The molecule has 30 heavy (non-hydrogen) atoms. The van der Waals surface area contributed by atoms with Crippen molar-refractivity contribution >= 4 is 17.4 Å².